The topological polar surface area (TPSA) is 70.6 Å². The molecule has 2 heterocycles. The molecule has 0 radical (unpaired) electrons. The van der Waals surface area contributed by atoms with E-state index >= 15 is 0 Å². The van der Waals surface area contributed by atoms with Crippen LogP contribution in [0.15, 0.2) is 29.4 Å². The summed E-state index contributed by atoms with van der Waals surface area (Å²) in [6.07, 6.45) is 2.23. The lowest BCUT2D eigenvalue weighted by molar-refractivity contribution is -0.126. The molecule has 0 bridgehead atoms. The molecule has 2 N–H and O–H groups in total. The molecule has 0 saturated heterocycles. The number of urea groups is 1. The normalized spacial score (nSPS) is 28.9. The number of carbonyl (C=O) groups excluding carboxylic acids is 2. The van der Waals surface area contributed by atoms with Gasteiger partial charge in [-0.05, 0) is 19.8 Å². The van der Waals surface area contributed by atoms with Crippen LogP contribution in [0, 0.1) is 0 Å². The zero-order valence-electron chi connectivity index (χ0n) is 12.2. The van der Waals surface area contributed by atoms with Crippen molar-refractivity contribution in [3.8, 4) is 0 Å². The summed E-state index contributed by atoms with van der Waals surface area (Å²) in [5.74, 6) is 0.720. The second-order valence-corrected chi connectivity index (χ2v) is 5.66. The van der Waals surface area contributed by atoms with E-state index in [-0.39, 0.29) is 22.5 Å². The molecule has 2 unspecified atom stereocenters. The number of amides is 3. The number of hydrogen-bond acceptors (Lipinski definition) is 3. The molecule has 6 nitrogen and oxygen atoms in total. The van der Waals surface area contributed by atoms with Crippen LogP contribution in [0.2, 0.25) is 0 Å². The van der Waals surface area contributed by atoms with Crippen LogP contribution in [0.5, 0.6) is 0 Å². The van der Waals surface area contributed by atoms with Crippen LogP contribution in [0.25, 0.3) is 0 Å². The van der Waals surface area contributed by atoms with Crippen LogP contribution in [-0.4, -0.2) is 30.9 Å². The Kier molecular flexibility index (Phi) is 3.25. The fourth-order valence-electron chi connectivity index (χ4n) is 3.18. The highest BCUT2D eigenvalue weighted by atomic mass is 16.2. The predicted molar refractivity (Wildman–Crippen MR) is 80.7 cm³/mol. The van der Waals surface area contributed by atoms with Crippen molar-refractivity contribution in [2.24, 2.45) is 5.10 Å². The van der Waals surface area contributed by atoms with Gasteiger partial charge in [-0.3, -0.25) is 0 Å². The average Bonchev–Trinajstić information content (AvgIpc) is 2.58. The monoisotopic (exact) mass is 287 g/mol. The molecule has 6 heteroatoms. The standard InChI is InChI=1S/C15H18N4O2/c1-10-14(17-18-15(21)16-10)19(2)12-8-4-3-6-11(12)7-5-9-13(19)20/h3-4,6,8,10H,5,7,9H2,1-2H3,(H-,16,18,21)/p+1. The van der Waals surface area contributed by atoms with Crippen molar-refractivity contribution >= 4 is 23.5 Å². The van der Waals surface area contributed by atoms with Crippen LogP contribution < -0.4 is 15.2 Å². The quantitative estimate of drug-likeness (QED) is 0.710. The number of nitrogens with one attached hydrogen (secondary N) is 2. The molecular formula is C15H19N4O2+. The zero-order chi connectivity index (χ0) is 15.0. The molecule has 2 aliphatic heterocycles. The minimum Gasteiger partial charge on any atom is -0.323 e. The van der Waals surface area contributed by atoms with Crippen LogP contribution in [0.4, 0.5) is 10.5 Å². The van der Waals surface area contributed by atoms with Gasteiger partial charge >= 0.3 is 11.9 Å². The van der Waals surface area contributed by atoms with Gasteiger partial charge < -0.3 is 5.32 Å². The maximum Gasteiger partial charge on any atom is 0.336 e. The van der Waals surface area contributed by atoms with Gasteiger partial charge in [-0.1, -0.05) is 18.2 Å². The minimum atomic E-state index is -0.339. The number of amidine groups is 1. The molecule has 0 aromatic heterocycles. The first-order chi connectivity index (χ1) is 10.0. The summed E-state index contributed by atoms with van der Waals surface area (Å²) in [5.41, 5.74) is 4.54. The maximum atomic E-state index is 12.8. The number of nitrogens with zero attached hydrogens (tertiary/aromatic N) is 2. The predicted octanol–water partition coefficient (Wildman–Crippen LogP) is 1.50. The maximum absolute atomic E-state index is 12.8. The number of aryl methyl sites for hydroxylation is 1. The molecular weight excluding hydrogens is 268 g/mol. The molecule has 21 heavy (non-hydrogen) atoms. The second kappa shape index (κ2) is 4.96. The van der Waals surface area contributed by atoms with E-state index in [0.717, 1.165) is 24.1 Å². The zero-order valence-corrected chi connectivity index (χ0v) is 12.2. The first kappa shape index (κ1) is 13.8. The van der Waals surface area contributed by atoms with E-state index in [2.05, 4.69) is 21.9 Å². The van der Waals surface area contributed by atoms with E-state index in [1.54, 1.807) is 0 Å². The fourth-order valence-corrected chi connectivity index (χ4v) is 3.18. The Morgan fingerprint density at radius 1 is 1.24 bits per heavy atom. The summed E-state index contributed by atoms with van der Waals surface area (Å²) in [7, 11) is 1.86. The van der Waals surface area contributed by atoms with Gasteiger partial charge in [0, 0.05) is 11.6 Å². The molecule has 2 aliphatic rings. The SMILES string of the molecule is CC1NC(=O)NN=C1[N+]1(C)C(=O)CCCc2ccccc21. The first-order valence-corrected chi connectivity index (χ1v) is 7.16. The Balaban J connectivity index is 2.17. The summed E-state index contributed by atoms with van der Waals surface area (Å²) < 4.78 is 0.0185. The van der Waals surface area contributed by atoms with Gasteiger partial charge in [0.1, 0.15) is 11.7 Å². The van der Waals surface area contributed by atoms with Crippen molar-refractivity contribution < 1.29 is 9.59 Å². The number of fused-ring (bicyclic) bond motifs is 1. The van der Waals surface area contributed by atoms with Gasteiger partial charge in [-0.2, -0.15) is 4.48 Å². The van der Waals surface area contributed by atoms with Crippen molar-refractivity contribution in [3.05, 3.63) is 29.8 Å². The van der Waals surface area contributed by atoms with Crippen molar-refractivity contribution in [3.63, 3.8) is 0 Å². The lowest BCUT2D eigenvalue weighted by Gasteiger charge is -2.35. The molecule has 3 rings (SSSR count). The summed E-state index contributed by atoms with van der Waals surface area (Å²) in [6.45, 7) is 1.85. The van der Waals surface area contributed by atoms with E-state index < -0.39 is 0 Å². The number of para-hydroxylation sites is 1. The van der Waals surface area contributed by atoms with Gasteiger partial charge in [0.25, 0.3) is 5.84 Å². The van der Waals surface area contributed by atoms with Crippen LogP contribution in [0.3, 0.4) is 0 Å². The number of benzene rings is 1. The summed E-state index contributed by atoms with van der Waals surface area (Å²) in [6, 6.07) is 7.33. The molecule has 110 valence electrons. The largest absolute Gasteiger partial charge is 0.336 e. The summed E-state index contributed by atoms with van der Waals surface area (Å²) >= 11 is 0. The van der Waals surface area contributed by atoms with E-state index in [1.165, 1.54) is 0 Å². The van der Waals surface area contributed by atoms with E-state index in [0.29, 0.717) is 12.3 Å². The van der Waals surface area contributed by atoms with Gasteiger partial charge in [0.2, 0.25) is 0 Å². The smallest absolute Gasteiger partial charge is 0.323 e. The Morgan fingerprint density at radius 2 is 2.00 bits per heavy atom. The van der Waals surface area contributed by atoms with Crippen molar-refractivity contribution in [1.29, 1.82) is 0 Å². The highest BCUT2D eigenvalue weighted by Gasteiger charge is 2.46. The molecule has 3 amide bonds. The number of rotatable bonds is 0. The van der Waals surface area contributed by atoms with Crippen molar-refractivity contribution in [1.82, 2.24) is 15.2 Å². The molecule has 0 aliphatic carbocycles. The van der Waals surface area contributed by atoms with E-state index in [9.17, 15) is 9.59 Å². The van der Waals surface area contributed by atoms with Gasteiger partial charge in [-0.15, -0.1) is 5.10 Å². The van der Waals surface area contributed by atoms with Gasteiger partial charge in [0.15, 0.2) is 0 Å². The van der Waals surface area contributed by atoms with E-state index in [1.807, 2.05) is 32.2 Å². The number of quaternary nitrogens is 1. The molecule has 2 atom stereocenters. The summed E-state index contributed by atoms with van der Waals surface area (Å²) in [5, 5.41) is 6.96. The third kappa shape index (κ3) is 2.12. The van der Waals surface area contributed by atoms with E-state index in [4.69, 9.17) is 0 Å². The second-order valence-electron chi connectivity index (χ2n) is 5.66. The van der Waals surface area contributed by atoms with Crippen LogP contribution in [-0.2, 0) is 11.2 Å². The molecule has 0 fully saturated rings. The molecule has 1 aromatic rings. The Bertz CT molecular complexity index is 640. The lowest BCUT2D eigenvalue weighted by Crippen LogP contribution is -2.65. The Labute approximate surface area is 123 Å². The molecule has 0 saturated carbocycles. The van der Waals surface area contributed by atoms with Gasteiger partial charge in [0.05, 0.1) is 13.5 Å². The number of likely N-dealkylation sites (N-methyl/N-ethyl adjacent to an activating group) is 1. The highest BCUT2D eigenvalue weighted by Crippen LogP contribution is 2.33. The third-order valence-corrected chi connectivity index (χ3v) is 4.27. The molecule has 0 spiro atoms. The first-order valence-electron chi connectivity index (χ1n) is 7.16. The highest BCUT2D eigenvalue weighted by molar-refractivity contribution is 6.14. The minimum absolute atomic E-state index is 0.0185. The van der Waals surface area contributed by atoms with Crippen LogP contribution >= 0.6 is 0 Å². The van der Waals surface area contributed by atoms with Gasteiger partial charge in [-0.25, -0.2) is 15.0 Å². The van der Waals surface area contributed by atoms with Crippen molar-refractivity contribution in [2.75, 3.05) is 7.05 Å². The third-order valence-electron chi connectivity index (χ3n) is 4.27. The average molecular weight is 287 g/mol. The fraction of sp³-hybridized carbons (Fsp3) is 0.400. The molecule has 1 aromatic carbocycles. The number of hydrogen-bond donors (Lipinski definition) is 2. The Morgan fingerprint density at radius 3 is 2.76 bits per heavy atom. The van der Waals surface area contributed by atoms with Crippen molar-refractivity contribution in [2.45, 2.75) is 32.2 Å². The summed E-state index contributed by atoms with van der Waals surface area (Å²) in [4.78, 5) is 24.2. The number of carbonyl (C=O) groups is 2. The lowest BCUT2D eigenvalue weighted by atomic mass is 10.1. The number of hydrazone groups is 1. The Hall–Kier alpha value is -2.21. The van der Waals surface area contributed by atoms with Crippen LogP contribution in [0.1, 0.15) is 25.3 Å².